The fourth-order valence-electron chi connectivity index (χ4n) is 5.82. The number of pyridine rings is 1. The van der Waals surface area contributed by atoms with Crippen LogP contribution >= 0.6 is 11.3 Å². The number of hydrogen-bond donors (Lipinski definition) is 1. The Morgan fingerprint density at radius 1 is 1.02 bits per heavy atom. The Labute approximate surface area is 265 Å². The van der Waals surface area contributed by atoms with Gasteiger partial charge in [-0.15, -0.1) is 0 Å². The van der Waals surface area contributed by atoms with Crippen molar-refractivity contribution in [1.29, 1.82) is 0 Å². The molecule has 1 aliphatic rings. The summed E-state index contributed by atoms with van der Waals surface area (Å²) in [6.45, 7) is 12.8. The highest BCUT2D eigenvalue weighted by atomic mass is 32.1. The molecule has 3 aromatic heterocycles. The predicted octanol–water partition coefficient (Wildman–Crippen LogP) is 7.32. The SMILES string of the molecule is CCOc1cc(C2/C(=C(\O)c3c(C)nc4ccccn34)C(=O)C(=O)N2c2nc3c(C)cc(C)cc3s2)ccc1OCCC(C)C. The van der Waals surface area contributed by atoms with Gasteiger partial charge in [-0.2, -0.15) is 0 Å². The normalized spacial score (nSPS) is 16.4. The third-order valence-electron chi connectivity index (χ3n) is 7.93. The van der Waals surface area contributed by atoms with Crippen LogP contribution in [-0.2, 0) is 9.59 Å². The van der Waals surface area contributed by atoms with Gasteiger partial charge in [0, 0.05) is 6.20 Å². The largest absolute Gasteiger partial charge is 0.505 e. The Hall–Kier alpha value is -4.70. The van der Waals surface area contributed by atoms with Crippen molar-refractivity contribution in [2.75, 3.05) is 18.1 Å². The molecule has 0 aliphatic carbocycles. The summed E-state index contributed by atoms with van der Waals surface area (Å²) in [4.78, 5) is 38.7. The van der Waals surface area contributed by atoms with Crippen LogP contribution in [0.5, 0.6) is 11.5 Å². The molecule has 1 N–H and O–H groups in total. The summed E-state index contributed by atoms with van der Waals surface area (Å²) in [5.74, 6) is -0.334. The molecule has 5 aromatic rings. The summed E-state index contributed by atoms with van der Waals surface area (Å²) in [7, 11) is 0. The number of aliphatic hydroxyl groups excluding tert-OH is 1. The quantitative estimate of drug-likeness (QED) is 0.104. The molecule has 1 saturated heterocycles. The van der Waals surface area contributed by atoms with E-state index >= 15 is 0 Å². The van der Waals surface area contributed by atoms with Crippen LogP contribution in [0.3, 0.4) is 0 Å². The van der Waals surface area contributed by atoms with Crippen LogP contribution in [-0.4, -0.2) is 44.4 Å². The lowest BCUT2D eigenvalue weighted by Crippen LogP contribution is -2.29. The minimum absolute atomic E-state index is 0.0446. The Balaban J connectivity index is 1.56. The molecule has 1 amide bonds. The maximum Gasteiger partial charge on any atom is 0.301 e. The van der Waals surface area contributed by atoms with Crippen molar-refractivity contribution in [3.8, 4) is 11.5 Å². The zero-order valence-corrected chi connectivity index (χ0v) is 27.1. The van der Waals surface area contributed by atoms with Gasteiger partial charge in [0.05, 0.1) is 40.7 Å². The molecule has 1 unspecified atom stereocenters. The molecule has 6 rings (SSSR count). The number of hydrogen-bond acceptors (Lipinski definition) is 8. The van der Waals surface area contributed by atoms with E-state index in [2.05, 4.69) is 18.8 Å². The minimum Gasteiger partial charge on any atom is -0.505 e. The number of benzene rings is 2. The summed E-state index contributed by atoms with van der Waals surface area (Å²) in [5, 5.41) is 12.3. The number of aliphatic hydroxyl groups is 1. The molecule has 0 radical (unpaired) electrons. The van der Waals surface area contributed by atoms with Gasteiger partial charge in [0.2, 0.25) is 0 Å². The zero-order valence-electron chi connectivity index (χ0n) is 26.2. The molecule has 1 aliphatic heterocycles. The number of anilines is 1. The van der Waals surface area contributed by atoms with Crippen molar-refractivity contribution in [3.05, 3.63) is 88.4 Å². The van der Waals surface area contributed by atoms with Crippen LogP contribution in [0.15, 0.2) is 60.3 Å². The monoisotopic (exact) mass is 624 g/mol. The lowest BCUT2D eigenvalue weighted by Gasteiger charge is -2.24. The second-order valence-electron chi connectivity index (χ2n) is 11.7. The number of amides is 1. The van der Waals surface area contributed by atoms with Crippen LogP contribution in [0.1, 0.15) is 61.3 Å². The Morgan fingerprint density at radius 2 is 1.82 bits per heavy atom. The number of ether oxygens (including phenoxy) is 2. The van der Waals surface area contributed by atoms with Crippen molar-refractivity contribution in [1.82, 2.24) is 14.4 Å². The molecule has 0 saturated carbocycles. The van der Waals surface area contributed by atoms with Crippen molar-refractivity contribution < 1.29 is 24.2 Å². The topological polar surface area (TPSA) is 106 Å². The first-order chi connectivity index (χ1) is 21.6. The highest BCUT2D eigenvalue weighted by molar-refractivity contribution is 7.22. The van der Waals surface area contributed by atoms with Gasteiger partial charge in [0.1, 0.15) is 11.3 Å². The number of nitrogens with zero attached hydrogens (tertiary/aromatic N) is 4. The fraction of sp³-hybridized carbons (Fsp3) is 0.314. The number of imidazole rings is 1. The van der Waals surface area contributed by atoms with E-state index in [9.17, 15) is 14.7 Å². The maximum atomic E-state index is 14.0. The predicted molar refractivity (Wildman–Crippen MR) is 176 cm³/mol. The Morgan fingerprint density at radius 3 is 2.58 bits per heavy atom. The molecule has 0 bridgehead atoms. The third-order valence-corrected chi connectivity index (χ3v) is 8.94. The molecule has 232 valence electrons. The number of Topliss-reactive ketones (excluding diaryl/α,β-unsaturated/α-hetero) is 1. The average molecular weight is 625 g/mol. The number of fused-ring (bicyclic) bond motifs is 2. The number of thiazole rings is 1. The Kier molecular flexibility index (Phi) is 8.09. The second kappa shape index (κ2) is 12.0. The standard InChI is InChI=1S/C35H36N4O5S/c1-7-43-25-18-23(11-12-24(25)44-15-13-19(2)3)31-28(32(40)30-22(6)36-27-10-8-9-14-38(27)30)33(41)34(42)39(31)35-37-29-21(5)16-20(4)17-26(29)45-35/h8-12,14,16-19,31,40H,7,13,15H2,1-6H3/b32-28+. The molecular weight excluding hydrogens is 588 g/mol. The number of aryl methyl sites for hydroxylation is 3. The number of rotatable bonds is 9. The highest BCUT2D eigenvalue weighted by Gasteiger charge is 2.49. The van der Waals surface area contributed by atoms with Gasteiger partial charge < -0.3 is 14.6 Å². The van der Waals surface area contributed by atoms with E-state index in [1.165, 1.54) is 16.2 Å². The Bertz CT molecular complexity index is 1990. The summed E-state index contributed by atoms with van der Waals surface area (Å²) in [5.41, 5.74) is 4.84. The molecule has 1 fully saturated rings. The van der Waals surface area contributed by atoms with Gasteiger partial charge in [-0.25, -0.2) is 9.97 Å². The van der Waals surface area contributed by atoms with E-state index in [0.717, 1.165) is 27.8 Å². The number of carbonyl (C=O) groups is 2. The van der Waals surface area contributed by atoms with E-state index < -0.39 is 17.7 Å². The summed E-state index contributed by atoms with van der Waals surface area (Å²) >= 11 is 1.34. The van der Waals surface area contributed by atoms with Crippen LogP contribution < -0.4 is 14.4 Å². The van der Waals surface area contributed by atoms with Gasteiger partial charge in [-0.05, 0) is 87.1 Å². The van der Waals surface area contributed by atoms with Gasteiger partial charge in [0.25, 0.3) is 5.78 Å². The lowest BCUT2D eigenvalue weighted by molar-refractivity contribution is -0.132. The van der Waals surface area contributed by atoms with Gasteiger partial charge in [-0.1, -0.05) is 43.4 Å². The molecule has 2 aromatic carbocycles. The zero-order chi connectivity index (χ0) is 32.0. The first-order valence-electron chi connectivity index (χ1n) is 15.1. The number of ketones is 1. The van der Waals surface area contributed by atoms with E-state index in [1.54, 1.807) is 29.7 Å². The van der Waals surface area contributed by atoms with E-state index in [1.807, 2.05) is 57.2 Å². The first-order valence-corrected chi connectivity index (χ1v) is 15.9. The molecule has 0 spiro atoms. The fourth-order valence-corrected chi connectivity index (χ4v) is 6.99. The van der Waals surface area contributed by atoms with Crippen molar-refractivity contribution in [2.45, 2.75) is 54.0 Å². The average Bonchev–Trinajstić information content (AvgIpc) is 3.64. The highest BCUT2D eigenvalue weighted by Crippen LogP contribution is 2.46. The number of carbonyl (C=O) groups excluding carboxylic acids is 2. The minimum atomic E-state index is -0.982. The molecule has 45 heavy (non-hydrogen) atoms. The molecular formula is C35H36N4O5S. The van der Waals surface area contributed by atoms with Crippen LogP contribution in [0.25, 0.3) is 21.6 Å². The van der Waals surface area contributed by atoms with Crippen molar-refractivity contribution >= 4 is 49.8 Å². The summed E-state index contributed by atoms with van der Waals surface area (Å²) in [6, 6.07) is 14.0. The first kappa shape index (κ1) is 30.3. The maximum absolute atomic E-state index is 14.0. The van der Waals surface area contributed by atoms with Crippen LogP contribution in [0.2, 0.25) is 0 Å². The van der Waals surface area contributed by atoms with E-state index in [0.29, 0.717) is 58.4 Å². The molecule has 10 heteroatoms. The van der Waals surface area contributed by atoms with Gasteiger partial charge in [-0.3, -0.25) is 18.9 Å². The smallest absolute Gasteiger partial charge is 0.301 e. The molecule has 4 heterocycles. The van der Waals surface area contributed by atoms with Gasteiger partial charge in [0.15, 0.2) is 22.4 Å². The third kappa shape index (κ3) is 5.44. The lowest BCUT2D eigenvalue weighted by atomic mass is 9.96. The van der Waals surface area contributed by atoms with E-state index in [4.69, 9.17) is 14.5 Å². The van der Waals surface area contributed by atoms with Crippen molar-refractivity contribution in [3.63, 3.8) is 0 Å². The number of aromatic nitrogens is 3. The molecule has 9 nitrogen and oxygen atoms in total. The van der Waals surface area contributed by atoms with Crippen LogP contribution in [0, 0.1) is 26.7 Å². The second-order valence-corrected chi connectivity index (χ2v) is 12.7. The van der Waals surface area contributed by atoms with Gasteiger partial charge >= 0.3 is 5.91 Å². The van der Waals surface area contributed by atoms with Crippen molar-refractivity contribution in [2.24, 2.45) is 5.92 Å². The summed E-state index contributed by atoms with van der Waals surface area (Å²) < 4.78 is 14.7. The summed E-state index contributed by atoms with van der Waals surface area (Å²) in [6.07, 6.45) is 2.65. The molecule has 1 atom stereocenters. The van der Waals surface area contributed by atoms with E-state index in [-0.39, 0.29) is 11.3 Å². The van der Waals surface area contributed by atoms with Crippen LogP contribution in [0.4, 0.5) is 5.13 Å².